The normalized spacial score (nSPS) is 48.9. The van der Waals surface area contributed by atoms with Crippen LogP contribution in [0.3, 0.4) is 0 Å². The molecule has 4 rings (SSSR count). The minimum atomic E-state index is -0.674. The molecular formula is C27H46O4. The molecule has 4 aliphatic rings. The fraction of sp³-hybridized carbons (Fsp3) is 0.963. The van der Waals surface area contributed by atoms with Gasteiger partial charge in [0, 0.05) is 0 Å². The second kappa shape index (κ2) is 8.63. The molecule has 4 nitrogen and oxygen atoms in total. The molecule has 31 heavy (non-hydrogen) atoms. The summed E-state index contributed by atoms with van der Waals surface area (Å²) in [5.74, 6) is 2.55. The first-order valence-corrected chi connectivity index (χ1v) is 13.2. The topological polar surface area (TPSA) is 77.8 Å². The largest absolute Gasteiger partial charge is 0.481 e. The lowest BCUT2D eigenvalue weighted by molar-refractivity contribution is -0.174. The van der Waals surface area contributed by atoms with E-state index in [4.69, 9.17) is 5.11 Å². The van der Waals surface area contributed by atoms with Crippen LogP contribution in [0.15, 0.2) is 0 Å². The van der Waals surface area contributed by atoms with Gasteiger partial charge in [0.2, 0.25) is 0 Å². The molecule has 4 aliphatic carbocycles. The molecule has 0 saturated heterocycles. The molecule has 0 heterocycles. The van der Waals surface area contributed by atoms with E-state index in [-0.39, 0.29) is 18.1 Å². The van der Waals surface area contributed by atoms with E-state index >= 15 is 0 Å². The number of aliphatic hydroxyl groups excluding tert-OH is 2. The molecular weight excluding hydrogens is 388 g/mol. The highest BCUT2D eigenvalue weighted by atomic mass is 16.4. The molecule has 3 N–H and O–H groups in total. The van der Waals surface area contributed by atoms with Crippen LogP contribution in [-0.4, -0.2) is 33.5 Å². The maximum absolute atomic E-state index is 11.3. The minimum Gasteiger partial charge on any atom is -0.481 e. The molecule has 5 unspecified atom stereocenters. The van der Waals surface area contributed by atoms with Gasteiger partial charge in [-0.25, -0.2) is 0 Å². The number of carboxylic acid groups (broad SMARTS) is 1. The van der Waals surface area contributed by atoms with Crippen LogP contribution in [0.5, 0.6) is 0 Å². The zero-order valence-electron chi connectivity index (χ0n) is 20.2. The summed E-state index contributed by atoms with van der Waals surface area (Å²) in [4.78, 5) is 11.1. The molecule has 11 atom stereocenters. The predicted molar refractivity (Wildman–Crippen MR) is 122 cm³/mol. The van der Waals surface area contributed by atoms with Crippen molar-refractivity contribution >= 4 is 5.97 Å². The average Bonchev–Trinajstić information content (AvgIpc) is 3.06. The van der Waals surface area contributed by atoms with E-state index in [1.807, 2.05) is 6.92 Å². The summed E-state index contributed by atoms with van der Waals surface area (Å²) in [5, 5.41) is 30.8. The summed E-state index contributed by atoms with van der Waals surface area (Å²) in [6, 6.07) is 0. The number of hydrogen-bond acceptors (Lipinski definition) is 3. The van der Waals surface area contributed by atoms with Gasteiger partial charge < -0.3 is 15.3 Å². The smallest absolute Gasteiger partial charge is 0.306 e. The highest BCUT2D eigenvalue weighted by Gasteiger charge is 2.62. The Morgan fingerprint density at radius 1 is 0.935 bits per heavy atom. The van der Waals surface area contributed by atoms with E-state index < -0.39 is 5.97 Å². The average molecular weight is 435 g/mol. The standard InChI is InChI=1S/C27H46O4/c1-16(6-5-7-17(2)25(30)31)20-8-9-21-24-22(11-13-27(20,21)4)26(3)12-10-19(28)14-18(26)15-23(24)29/h16-24,28-29H,5-15H2,1-4H3,(H,30,31)/t16-,17?,18+,19-,20?,21?,22?,23-,24?,26+,27-/m1/s1. The number of fused-ring (bicyclic) bond motifs is 5. The quantitative estimate of drug-likeness (QED) is 0.515. The van der Waals surface area contributed by atoms with Crippen LogP contribution in [0.2, 0.25) is 0 Å². The number of hydrogen-bond donors (Lipinski definition) is 3. The first-order chi connectivity index (χ1) is 14.6. The zero-order chi connectivity index (χ0) is 22.6. The van der Waals surface area contributed by atoms with Crippen LogP contribution in [0.25, 0.3) is 0 Å². The van der Waals surface area contributed by atoms with Gasteiger partial charge in [-0.15, -0.1) is 0 Å². The molecule has 0 aromatic carbocycles. The Morgan fingerprint density at radius 3 is 2.32 bits per heavy atom. The third kappa shape index (κ3) is 3.98. The molecule has 0 bridgehead atoms. The minimum absolute atomic E-state index is 0.170. The third-order valence-electron chi connectivity index (χ3n) is 11.1. The first kappa shape index (κ1) is 23.5. The summed E-state index contributed by atoms with van der Waals surface area (Å²) in [7, 11) is 0. The molecule has 0 aromatic rings. The van der Waals surface area contributed by atoms with Gasteiger partial charge in [-0.2, -0.15) is 0 Å². The summed E-state index contributed by atoms with van der Waals surface area (Å²) in [6.07, 6.45) is 11.4. The molecule has 4 saturated carbocycles. The van der Waals surface area contributed by atoms with Gasteiger partial charge in [0.25, 0.3) is 0 Å². The summed E-state index contributed by atoms with van der Waals surface area (Å²) in [6.45, 7) is 9.22. The molecule has 0 radical (unpaired) electrons. The summed E-state index contributed by atoms with van der Waals surface area (Å²) < 4.78 is 0. The Hall–Kier alpha value is -0.610. The second-order valence-corrected chi connectivity index (χ2v) is 12.6. The van der Waals surface area contributed by atoms with Crippen molar-refractivity contribution in [3.05, 3.63) is 0 Å². The van der Waals surface area contributed by atoms with E-state index in [1.165, 1.54) is 25.7 Å². The molecule has 0 aromatic heterocycles. The number of carboxylic acids is 1. The monoisotopic (exact) mass is 434 g/mol. The van der Waals surface area contributed by atoms with Gasteiger partial charge >= 0.3 is 5.97 Å². The summed E-state index contributed by atoms with van der Waals surface area (Å²) >= 11 is 0. The maximum atomic E-state index is 11.3. The van der Waals surface area contributed by atoms with Crippen molar-refractivity contribution < 1.29 is 20.1 Å². The lowest BCUT2D eigenvalue weighted by Gasteiger charge is -2.62. The Kier molecular flexibility index (Phi) is 6.55. The summed E-state index contributed by atoms with van der Waals surface area (Å²) in [5.41, 5.74) is 0.610. The maximum Gasteiger partial charge on any atom is 0.306 e. The van der Waals surface area contributed by atoms with Gasteiger partial charge in [0.1, 0.15) is 0 Å². The van der Waals surface area contributed by atoms with Crippen LogP contribution in [0.4, 0.5) is 0 Å². The van der Waals surface area contributed by atoms with E-state index in [9.17, 15) is 15.0 Å². The van der Waals surface area contributed by atoms with Gasteiger partial charge in [-0.05, 0) is 104 Å². The molecule has 4 heteroatoms. The van der Waals surface area contributed by atoms with Crippen LogP contribution in [0.1, 0.15) is 98.3 Å². The van der Waals surface area contributed by atoms with Crippen LogP contribution >= 0.6 is 0 Å². The molecule has 178 valence electrons. The first-order valence-electron chi connectivity index (χ1n) is 13.2. The van der Waals surface area contributed by atoms with E-state index in [1.54, 1.807) is 0 Å². The van der Waals surface area contributed by atoms with Crippen molar-refractivity contribution in [2.75, 3.05) is 0 Å². The van der Waals surface area contributed by atoms with E-state index in [2.05, 4.69) is 20.8 Å². The van der Waals surface area contributed by atoms with Crippen molar-refractivity contribution in [3.8, 4) is 0 Å². The molecule has 0 aliphatic heterocycles. The lowest BCUT2D eigenvalue weighted by atomic mass is 9.43. The zero-order valence-corrected chi connectivity index (χ0v) is 20.2. The Bertz CT molecular complexity index is 664. The van der Waals surface area contributed by atoms with E-state index in [0.29, 0.717) is 46.3 Å². The Labute approximate surface area is 189 Å². The van der Waals surface area contributed by atoms with Crippen LogP contribution in [0, 0.1) is 52.3 Å². The van der Waals surface area contributed by atoms with Gasteiger partial charge in [-0.1, -0.05) is 40.5 Å². The van der Waals surface area contributed by atoms with Gasteiger partial charge in [-0.3, -0.25) is 4.79 Å². The van der Waals surface area contributed by atoms with Crippen molar-refractivity contribution in [1.29, 1.82) is 0 Å². The Morgan fingerprint density at radius 2 is 1.61 bits per heavy atom. The number of aliphatic hydroxyl groups is 2. The Balaban J connectivity index is 1.46. The van der Waals surface area contributed by atoms with Crippen molar-refractivity contribution in [1.82, 2.24) is 0 Å². The van der Waals surface area contributed by atoms with Crippen LogP contribution < -0.4 is 0 Å². The second-order valence-electron chi connectivity index (χ2n) is 12.6. The van der Waals surface area contributed by atoms with Crippen molar-refractivity contribution in [3.63, 3.8) is 0 Å². The molecule has 0 spiro atoms. The fourth-order valence-corrected chi connectivity index (χ4v) is 9.25. The van der Waals surface area contributed by atoms with Gasteiger partial charge in [0.05, 0.1) is 18.1 Å². The number of carbonyl (C=O) groups is 1. The highest BCUT2D eigenvalue weighted by molar-refractivity contribution is 5.69. The van der Waals surface area contributed by atoms with Gasteiger partial charge in [0.15, 0.2) is 0 Å². The van der Waals surface area contributed by atoms with Crippen molar-refractivity contribution in [2.24, 2.45) is 52.3 Å². The SMILES string of the molecule is CC(CCC[C@@H](C)C1CCC2C3C(CC[C@@]21C)[C@@]1(C)CC[C@@H](O)C[C@H]1C[C@H]3O)C(=O)O. The van der Waals surface area contributed by atoms with Crippen LogP contribution in [-0.2, 0) is 4.79 Å². The van der Waals surface area contributed by atoms with Crippen molar-refractivity contribution in [2.45, 2.75) is 111 Å². The highest BCUT2D eigenvalue weighted by Crippen LogP contribution is 2.68. The molecule has 4 fully saturated rings. The van der Waals surface area contributed by atoms with E-state index in [0.717, 1.165) is 44.9 Å². The lowest BCUT2D eigenvalue weighted by Crippen LogP contribution is -2.58. The molecule has 0 amide bonds. The third-order valence-corrected chi connectivity index (χ3v) is 11.1. The fourth-order valence-electron chi connectivity index (χ4n) is 9.25. The number of rotatable bonds is 6. The number of aliphatic carboxylic acids is 1. The predicted octanol–water partition coefficient (Wildman–Crippen LogP) is 5.50.